The summed E-state index contributed by atoms with van der Waals surface area (Å²) in [4.78, 5) is 15.3. The topological polar surface area (TPSA) is 112 Å². The van der Waals surface area contributed by atoms with Gasteiger partial charge < -0.3 is 15.5 Å². The van der Waals surface area contributed by atoms with E-state index in [0.29, 0.717) is 18.5 Å². The fourth-order valence-corrected chi connectivity index (χ4v) is 4.33. The largest absolute Gasteiger partial charge is 0.357 e. The summed E-state index contributed by atoms with van der Waals surface area (Å²) in [6.45, 7) is 7.19. The minimum absolute atomic E-state index is 0.152. The van der Waals surface area contributed by atoms with Gasteiger partial charge in [0.05, 0.1) is 6.54 Å². The number of aromatic nitrogens is 2. The van der Waals surface area contributed by atoms with Gasteiger partial charge in [-0.3, -0.25) is 9.98 Å². The van der Waals surface area contributed by atoms with E-state index in [1.165, 1.54) is 12.3 Å². The number of rotatable bonds is 8. The Bertz CT molecular complexity index is 941. The lowest BCUT2D eigenvalue weighted by Crippen LogP contribution is -2.49. The first-order valence-electron chi connectivity index (χ1n) is 10.6. The molecule has 0 unspecified atom stereocenters. The van der Waals surface area contributed by atoms with Gasteiger partial charge in [0.15, 0.2) is 5.96 Å². The van der Waals surface area contributed by atoms with Crippen LogP contribution in [0.25, 0.3) is 0 Å². The van der Waals surface area contributed by atoms with Crippen molar-refractivity contribution in [3.8, 4) is 0 Å². The van der Waals surface area contributed by atoms with Crippen LogP contribution in [0, 0.1) is 6.92 Å². The molecular formula is C21H31N7O2S. The van der Waals surface area contributed by atoms with Crippen LogP contribution in [0.2, 0.25) is 0 Å². The van der Waals surface area contributed by atoms with Gasteiger partial charge in [-0.2, -0.15) is 0 Å². The van der Waals surface area contributed by atoms with Crippen LogP contribution in [0.1, 0.15) is 25.3 Å². The number of sulfonamides is 1. The van der Waals surface area contributed by atoms with Crippen molar-refractivity contribution in [3.05, 3.63) is 48.4 Å². The van der Waals surface area contributed by atoms with Gasteiger partial charge in [-0.05, 0) is 50.5 Å². The molecule has 3 rings (SSSR count). The molecule has 0 aliphatic carbocycles. The van der Waals surface area contributed by atoms with E-state index in [1.54, 1.807) is 12.3 Å². The Hall–Kier alpha value is -2.72. The normalized spacial score (nSPS) is 15.7. The molecule has 31 heavy (non-hydrogen) atoms. The Kier molecular flexibility index (Phi) is 8.19. The number of guanidine groups is 1. The maximum atomic E-state index is 12.2. The lowest BCUT2D eigenvalue weighted by molar-refractivity contribution is 0.459. The molecule has 3 N–H and O–H groups in total. The maximum Gasteiger partial charge on any atom is 0.242 e. The molecular weight excluding hydrogens is 414 g/mol. The lowest BCUT2D eigenvalue weighted by Gasteiger charge is -2.33. The van der Waals surface area contributed by atoms with Gasteiger partial charge in [0.25, 0.3) is 0 Å². The standard InChI is InChI=1S/C21H31N7O2S/c1-3-23-21(24-11-12-26-31(29,30)19-5-4-10-22-16-19)27-18-8-13-28(14-9-18)20-7-6-17(2)15-25-20/h4-7,10,15-16,18,26H,3,8-9,11-14H2,1-2H3,(H2,23,24,27). The third-order valence-corrected chi connectivity index (χ3v) is 6.46. The van der Waals surface area contributed by atoms with Crippen LogP contribution in [0.3, 0.4) is 0 Å². The molecule has 0 amide bonds. The second-order valence-electron chi connectivity index (χ2n) is 7.45. The number of nitrogens with zero attached hydrogens (tertiary/aromatic N) is 4. The van der Waals surface area contributed by atoms with E-state index in [4.69, 9.17) is 0 Å². The molecule has 10 heteroatoms. The summed E-state index contributed by atoms with van der Waals surface area (Å²) in [7, 11) is -3.57. The number of piperidine rings is 1. The molecule has 0 spiro atoms. The van der Waals surface area contributed by atoms with E-state index >= 15 is 0 Å². The van der Waals surface area contributed by atoms with Crippen molar-refractivity contribution in [3.63, 3.8) is 0 Å². The molecule has 0 bridgehead atoms. The van der Waals surface area contributed by atoms with Crippen LogP contribution in [0.4, 0.5) is 5.82 Å². The van der Waals surface area contributed by atoms with Crippen LogP contribution < -0.4 is 20.3 Å². The molecule has 0 aromatic carbocycles. The minimum Gasteiger partial charge on any atom is -0.357 e. The Labute approximate surface area is 184 Å². The number of aliphatic imine (C=N–C) groups is 1. The molecule has 2 aromatic heterocycles. The van der Waals surface area contributed by atoms with Crippen molar-refractivity contribution in [1.82, 2.24) is 25.3 Å². The van der Waals surface area contributed by atoms with Crippen LogP contribution >= 0.6 is 0 Å². The van der Waals surface area contributed by atoms with E-state index < -0.39 is 10.0 Å². The number of aryl methyl sites for hydroxylation is 1. The van der Waals surface area contributed by atoms with E-state index in [0.717, 1.165) is 43.9 Å². The first-order chi connectivity index (χ1) is 15.0. The number of anilines is 1. The lowest BCUT2D eigenvalue weighted by atomic mass is 10.1. The molecule has 168 valence electrons. The Morgan fingerprint density at radius 2 is 2.03 bits per heavy atom. The highest BCUT2D eigenvalue weighted by Crippen LogP contribution is 2.18. The van der Waals surface area contributed by atoms with Crippen molar-refractivity contribution < 1.29 is 8.42 Å². The first-order valence-corrected chi connectivity index (χ1v) is 12.1. The van der Waals surface area contributed by atoms with Crippen molar-refractivity contribution in [1.29, 1.82) is 0 Å². The fraction of sp³-hybridized carbons (Fsp3) is 0.476. The van der Waals surface area contributed by atoms with Crippen molar-refractivity contribution in [2.24, 2.45) is 4.99 Å². The number of hydrogen-bond acceptors (Lipinski definition) is 6. The fourth-order valence-electron chi connectivity index (χ4n) is 3.35. The summed E-state index contributed by atoms with van der Waals surface area (Å²) in [5, 5.41) is 6.71. The molecule has 1 aliphatic rings. The maximum absolute atomic E-state index is 12.2. The average Bonchev–Trinajstić information content (AvgIpc) is 2.78. The molecule has 1 aliphatic heterocycles. The van der Waals surface area contributed by atoms with Crippen LogP contribution in [0.5, 0.6) is 0 Å². The van der Waals surface area contributed by atoms with E-state index in [9.17, 15) is 8.42 Å². The molecule has 1 saturated heterocycles. The summed E-state index contributed by atoms with van der Waals surface area (Å²) < 4.78 is 27.1. The quantitative estimate of drug-likeness (QED) is 0.319. The molecule has 0 radical (unpaired) electrons. The Morgan fingerprint density at radius 1 is 1.23 bits per heavy atom. The monoisotopic (exact) mass is 445 g/mol. The third kappa shape index (κ3) is 6.90. The zero-order chi connectivity index (χ0) is 22.1. The summed E-state index contributed by atoms with van der Waals surface area (Å²) in [6.07, 6.45) is 6.73. The highest BCUT2D eigenvalue weighted by Gasteiger charge is 2.21. The van der Waals surface area contributed by atoms with Crippen molar-refractivity contribution in [2.45, 2.75) is 37.6 Å². The number of hydrogen-bond donors (Lipinski definition) is 3. The molecule has 0 saturated carbocycles. The number of nitrogens with one attached hydrogen (secondary N) is 3. The zero-order valence-electron chi connectivity index (χ0n) is 18.1. The van der Waals surface area contributed by atoms with Crippen LogP contribution in [-0.2, 0) is 10.0 Å². The highest BCUT2D eigenvalue weighted by atomic mass is 32.2. The number of pyridine rings is 2. The summed E-state index contributed by atoms with van der Waals surface area (Å²) >= 11 is 0. The summed E-state index contributed by atoms with van der Waals surface area (Å²) in [6, 6.07) is 7.58. The SMILES string of the molecule is CCNC(=NCCNS(=O)(=O)c1cccnc1)NC1CCN(c2ccc(C)cn2)CC1. The van der Waals surface area contributed by atoms with Gasteiger partial charge >= 0.3 is 0 Å². The van der Waals surface area contributed by atoms with E-state index in [2.05, 4.69) is 47.3 Å². The van der Waals surface area contributed by atoms with E-state index in [-0.39, 0.29) is 11.4 Å². The zero-order valence-corrected chi connectivity index (χ0v) is 18.9. The van der Waals surface area contributed by atoms with Gasteiger partial charge in [-0.15, -0.1) is 0 Å². The highest BCUT2D eigenvalue weighted by molar-refractivity contribution is 7.89. The van der Waals surface area contributed by atoms with Gasteiger partial charge in [0.2, 0.25) is 10.0 Å². The molecule has 0 atom stereocenters. The average molecular weight is 446 g/mol. The molecule has 1 fully saturated rings. The second kappa shape index (κ2) is 11.1. The molecule has 2 aromatic rings. The Balaban J connectivity index is 1.47. The second-order valence-corrected chi connectivity index (χ2v) is 9.21. The summed E-state index contributed by atoms with van der Waals surface area (Å²) in [5.41, 5.74) is 1.16. The van der Waals surface area contributed by atoms with Crippen LogP contribution in [0.15, 0.2) is 52.7 Å². The van der Waals surface area contributed by atoms with Crippen molar-refractivity contribution in [2.75, 3.05) is 37.6 Å². The minimum atomic E-state index is -3.57. The third-order valence-electron chi connectivity index (χ3n) is 5.02. The smallest absolute Gasteiger partial charge is 0.242 e. The predicted molar refractivity (Wildman–Crippen MR) is 123 cm³/mol. The van der Waals surface area contributed by atoms with Crippen LogP contribution in [-0.4, -0.2) is 63.1 Å². The molecule has 3 heterocycles. The molecule has 9 nitrogen and oxygen atoms in total. The van der Waals surface area contributed by atoms with Gasteiger partial charge in [0.1, 0.15) is 10.7 Å². The Morgan fingerprint density at radius 3 is 2.68 bits per heavy atom. The van der Waals surface area contributed by atoms with Crippen molar-refractivity contribution >= 4 is 21.8 Å². The van der Waals surface area contributed by atoms with Gasteiger partial charge in [-0.1, -0.05) is 6.07 Å². The predicted octanol–water partition coefficient (Wildman–Crippen LogP) is 1.29. The summed E-state index contributed by atoms with van der Waals surface area (Å²) in [5.74, 6) is 1.72. The first kappa shape index (κ1) is 23.0. The van der Waals surface area contributed by atoms with E-state index in [1.807, 2.05) is 20.0 Å². The van der Waals surface area contributed by atoms with Gasteiger partial charge in [-0.25, -0.2) is 18.1 Å². The van der Waals surface area contributed by atoms with Gasteiger partial charge in [0, 0.05) is 50.8 Å².